The summed E-state index contributed by atoms with van der Waals surface area (Å²) in [5, 5.41) is 2.44. The topological polar surface area (TPSA) is 0 Å². The molecule has 0 atom stereocenters. The maximum Gasteiger partial charge on any atom is 0.0253 e. The SMILES string of the molecule is [CH2]c1ccc(Br)c2ccccc12. The first-order chi connectivity index (χ1) is 5.79. The minimum Gasteiger partial charge on any atom is -0.0616 e. The highest BCUT2D eigenvalue weighted by Crippen LogP contribution is 2.25. The van der Waals surface area contributed by atoms with Crippen LogP contribution in [0.5, 0.6) is 0 Å². The van der Waals surface area contributed by atoms with Crippen molar-refractivity contribution in [3.8, 4) is 0 Å². The predicted molar refractivity (Wildman–Crippen MR) is 56.1 cm³/mol. The molecule has 0 nitrogen and oxygen atoms in total. The molecule has 0 aliphatic carbocycles. The van der Waals surface area contributed by atoms with Gasteiger partial charge in [0.05, 0.1) is 0 Å². The molecule has 0 aliphatic heterocycles. The van der Waals surface area contributed by atoms with Gasteiger partial charge in [0.2, 0.25) is 0 Å². The summed E-state index contributed by atoms with van der Waals surface area (Å²) in [5.74, 6) is 0. The van der Waals surface area contributed by atoms with E-state index in [1.807, 2.05) is 24.3 Å². The molecule has 0 saturated carbocycles. The largest absolute Gasteiger partial charge is 0.0616 e. The Morgan fingerprint density at radius 3 is 2.25 bits per heavy atom. The van der Waals surface area contributed by atoms with E-state index in [4.69, 9.17) is 0 Å². The van der Waals surface area contributed by atoms with E-state index in [0.717, 1.165) is 10.0 Å². The van der Waals surface area contributed by atoms with E-state index < -0.39 is 0 Å². The van der Waals surface area contributed by atoms with Gasteiger partial charge in [-0.05, 0) is 29.3 Å². The van der Waals surface area contributed by atoms with Crippen LogP contribution in [-0.2, 0) is 0 Å². The van der Waals surface area contributed by atoms with Gasteiger partial charge in [0, 0.05) is 4.47 Å². The van der Waals surface area contributed by atoms with Crippen LogP contribution in [0.1, 0.15) is 5.56 Å². The van der Waals surface area contributed by atoms with E-state index in [-0.39, 0.29) is 0 Å². The molecule has 1 radical (unpaired) electrons. The molecule has 0 aliphatic rings. The maximum absolute atomic E-state index is 3.97. The van der Waals surface area contributed by atoms with Crippen LogP contribution in [0, 0.1) is 6.92 Å². The van der Waals surface area contributed by atoms with Crippen LogP contribution >= 0.6 is 15.9 Å². The van der Waals surface area contributed by atoms with Gasteiger partial charge < -0.3 is 0 Å². The fourth-order valence-corrected chi connectivity index (χ4v) is 1.80. The molecule has 0 N–H and O–H groups in total. The zero-order valence-corrected chi connectivity index (χ0v) is 8.14. The zero-order chi connectivity index (χ0) is 8.55. The molecular formula is C11H8Br. The first-order valence-corrected chi connectivity index (χ1v) is 4.57. The summed E-state index contributed by atoms with van der Waals surface area (Å²) < 4.78 is 1.13. The second-order valence-corrected chi connectivity index (χ2v) is 3.61. The van der Waals surface area contributed by atoms with Gasteiger partial charge in [-0.15, -0.1) is 0 Å². The Morgan fingerprint density at radius 2 is 1.58 bits per heavy atom. The number of hydrogen-bond acceptors (Lipinski definition) is 0. The van der Waals surface area contributed by atoms with Crippen LogP contribution < -0.4 is 0 Å². The van der Waals surface area contributed by atoms with Crippen LogP contribution in [0.4, 0.5) is 0 Å². The summed E-state index contributed by atoms with van der Waals surface area (Å²) >= 11 is 3.50. The Labute approximate surface area is 80.3 Å². The minimum atomic E-state index is 1.08. The average Bonchev–Trinajstić information content (AvgIpc) is 2.12. The van der Waals surface area contributed by atoms with Crippen molar-refractivity contribution in [2.75, 3.05) is 0 Å². The van der Waals surface area contributed by atoms with E-state index in [2.05, 4.69) is 35.0 Å². The Kier molecular flexibility index (Phi) is 1.89. The van der Waals surface area contributed by atoms with Gasteiger partial charge in [-0.3, -0.25) is 0 Å². The normalized spacial score (nSPS) is 10.5. The number of rotatable bonds is 0. The van der Waals surface area contributed by atoms with E-state index in [9.17, 15) is 0 Å². The number of hydrogen-bond donors (Lipinski definition) is 0. The van der Waals surface area contributed by atoms with Gasteiger partial charge in [-0.2, -0.15) is 0 Å². The first-order valence-electron chi connectivity index (χ1n) is 3.78. The average molecular weight is 220 g/mol. The fraction of sp³-hybridized carbons (Fsp3) is 0. The molecule has 0 unspecified atom stereocenters. The molecule has 0 heterocycles. The molecule has 0 bridgehead atoms. The van der Waals surface area contributed by atoms with Crippen LogP contribution in [0.3, 0.4) is 0 Å². The van der Waals surface area contributed by atoms with E-state index in [0.29, 0.717) is 0 Å². The van der Waals surface area contributed by atoms with Crippen LogP contribution in [0.25, 0.3) is 10.8 Å². The van der Waals surface area contributed by atoms with Crippen molar-refractivity contribution in [2.45, 2.75) is 0 Å². The predicted octanol–water partition coefficient (Wildman–Crippen LogP) is 3.78. The highest BCUT2D eigenvalue weighted by atomic mass is 79.9. The van der Waals surface area contributed by atoms with Crippen molar-refractivity contribution < 1.29 is 0 Å². The lowest BCUT2D eigenvalue weighted by Crippen LogP contribution is -1.78. The summed E-state index contributed by atoms with van der Waals surface area (Å²) in [6, 6.07) is 12.3. The molecule has 59 valence electrons. The molecule has 0 spiro atoms. The van der Waals surface area contributed by atoms with Crippen molar-refractivity contribution in [1.29, 1.82) is 0 Å². The highest BCUT2D eigenvalue weighted by molar-refractivity contribution is 9.10. The van der Waals surface area contributed by atoms with Gasteiger partial charge in [0.1, 0.15) is 0 Å². The van der Waals surface area contributed by atoms with Crippen molar-refractivity contribution >= 4 is 26.7 Å². The summed E-state index contributed by atoms with van der Waals surface area (Å²) in [7, 11) is 0. The van der Waals surface area contributed by atoms with Crippen molar-refractivity contribution in [1.82, 2.24) is 0 Å². The van der Waals surface area contributed by atoms with E-state index in [1.165, 1.54) is 10.8 Å². The lowest BCUT2D eigenvalue weighted by Gasteiger charge is -2.02. The minimum absolute atomic E-state index is 1.08. The second kappa shape index (κ2) is 2.91. The lowest BCUT2D eigenvalue weighted by molar-refractivity contribution is 1.65. The van der Waals surface area contributed by atoms with Gasteiger partial charge in [0.25, 0.3) is 0 Å². The Hall–Kier alpha value is -0.820. The second-order valence-electron chi connectivity index (χ2n) is 2.75. The van der Waals surface area contributed by atoms with Gasteiger partial charge in [-0.25, -0.2) is 0 Å². The van der Waals surface area contributed by atoms with Crippen LogP contribution in [-0.4, -0.2) is 0 Å². The third-order valence-electron chi connectivity index (χ3n) is 1.96. The molecule has 0 fully saturated rings. The lowest BCUT2D eigenvalue weighted by atomic mass is 10.1. The molecule has 2 aromatic carbocycles. The molecule has 2 rings (SSSR count). The van der Waals surface area contributed by atoms with E-state index in [1.54, 1.807) is 0 Å². The summed E-state index contributed by atoms with van der Waals surface area (Å²) in [5.41, 5.74) is 1.08. The zero-order valence-electron chi connectivity index (χ0n) is 6.55. The first kappa shape index (κ1) is 7.81. The Bertz CT molecular complexity index is 378. The van der Waals surface area contributed by atoms with Gasteiger partial charge in [0.15, 0.2) is 0 Å². The quantitative estimate of drug-likeness (QED) is 0.633. The van der Waals surface area contributed by atoms with E-state index >= 15 is 0 Å². The number of benzene rings is 2. The molecule has 1 heteroatoms. The standard InChI is InChI=1S/C11H8Br/c1-8-6-7-11(12)10-5-3-2-4-9(8)10/h2-7H,1H2. The van der Waals surface area contributed by atoms with Crippen molar-refractivity contribution in [3.05, 3.63) is 53.4 Å². The molecular weight excluding hydrogens is 212 g/mol. The third-order valence-corrected chi connectivity index (χ3v) is 2.65. The Balaban J connectivity index is 2.95. The van der Waals surface area contributed by atoms with Crippen molar-refractivity contribution in [3.63, 3.8) is 0 Å². The summed E-state index contributed by atoms with van der Waals surface area (Å²) in [4.78, 5) is 0. The molecule has 0 amide bonds. The molecule has 2 aromatic rings. The highest BCUT2D eigenvalue weighted by Gasteiger charge is 1.98. The molecule has 12 heavy (non-hydrogen) atoms. The smallest absolute Gasteiger partial charge is 0.0253 e. The van der Waals surface area contributed by atoms with Gasteiger partial charge >= 0.3 is 0 Å². The number of fused-ring (bicyclic) bond motifs is 1. The molecule has 0 aromatic heterocycles. The maximum atomic E-state index is 3.97. The van der Waals surface area contributed by atoms with Crippen molar-refractivity contribution in [2.24, 2.45) is 0 Å². The van der Waals surface area contributed by atoms with Gasteiger partial charge in [-0.1, -0.05) is 46.3 Å². The molecule has 0 saturated heterocycles. The summed E-state index contributed by atoms with van der Waals surface area (Å²) in [6.07, 6.45) is 0. The van der Waals surface area contributed by atoms with Crippen LogP contribution in [0.15, 0.2) is 40.9 Å². The fourth-order valence-electron chi connectivity index (χ4n) is 1.32. The summed E-state index contributed by atoms with van der Waals surface area (Å²) in [6.45, 7) is 3.97. The monoisotopic (exact) mass is 219 g/mol. The number of halogens is 1. The van der Waals surface area contributed by atoms with Crippen LogP contribution in [0.2, 0.25) is 0 Å². The Morgan fingerprint density at radius 1 is 0.917 bits per heavy atom. The third kappa shape index (κ3) is 1.14.